The van der Waals surface area contributed by atoms with Gasteiger partial charge in [0.1, 0.15) is 0 Å². The van der Waals surface area contributed by atoms with Crippen molar-refractivity contribution in [3.05, 3.63) is 35.1 Å². The van der Waals surface area contributed by atoms with E-state index >= 15 is 0 Å². The predicted octanol–water partition coefficient (Wildman–Crippen LogP) is 2.69. The molecule has 0 aromatic heterocycles. The van der Waals surface area contributed by atoms with Crippen LogP contribution in [0.5, 0.6) is 0 Å². The maximum absolute atomic E-state index is 12.7. The minimum Gasteiger partial charge on any atom is -0.292 e. The lowest BCUT2D eigenvalue weighted by Crippen LogP contribution is -2.24. The van der Waals surface area contributed by atoms with Gasteiger partial charge >= 0.3 is 6.18 Å². The number of hydroxylamine groups is 1. The van der Waals surface area contributed by atoms with E-state index in [1.807, 2.05) is 5.48 Å². The summed E-state index contributed by atoms with van der Waals surface area (Å²) < 4.78 is 72.7. The Labute approximate surface area is 92.1 Å². The van der Waals surface area contributed by atoms with Gasteiger partial charge in [0.05, 0.1) is 0 Å². The molecule has 0 saturated heterocycles. The van der Waals surface area contributed by atoms with Crippen LogP contribution in [0.4, 0.5) is 26.3 Å². The average molecular weight is 259 g/mol. The summed E-state index contributed by atoms with van der Waals surface area (Å²) >= 11 is 0. The number of alkyl halides is 3. The van der Waals surface area contributed by atoms with Crippen molar-refractivity contribution in [2.24, 2.45) is 0 Å². The van der Waals surface area contributed by atoms with Crippen LogP contribution in [-0.2, 0) is 11.4 Å². The zero-order chi connectivity index (χ0) is 13.1. The van der Waals surface area contributed by atoms with Crippen molar-refractivity contribution in [2.75, 3.05) is 6.61 Å². The van der Waals surface area contributed by atoms with Crippen molar-refractivity contribution in [3.63, 3.8) is 0 Å². The Bertz CT molecular complexity index is 369. The smallest absolute Gasteiger partial charge is 0.292 e. The molecule has 0 fully saturated rings. The van der Waals surface area contributed by atoms with Crippen molar-refractivity contribution >= 4 is 0 Å². The molecule has 0 heterocycles. The number of rotatable bonds is 4. The first-order valence-corrected chi connectivity index (χ1v) is 4.34. The fourth-order valence-corrected chi connectivity index (χ4v) is 0.977. The van der Waals surface area contributed by atoms with Gasteiger partial charge in [-0.2, -0.15) is 18.7 Å². The van der Waals surface area contributed by atoms with Crippen LogP contribution >= 0.6 is 0 Å². The molecule has 17 heavy (non-hydrogen) atoms. The molecule has 96 valence electrons. The lowest BCUT2D eigenvalue weighted by Gasteiger charge is -2.08. The molecule has 0 amide bonds. The second-order valence-corrected chi connectivity index (χ2v) is 3.10. The van der Waals surface area contributed by atoms with E-state index in [1.165, 1.54) is 0 Å². The van der Waals surface area contributed by atoms with Gasteiger partial charge in [-0.3, -0.25) is 4.84 Å². The molecule has 0 aliphatic rings. The van der Waals surface area contributed by atoms with Gasteiger partial charge in [0.15, 0.2) is 24.1 Å². The van der Waals surface area contributed by atoms with Gasteiger partial charge in [0.2, 0.25) is 0 Å². The highest BCUT2D eigenvalue weighted by Crippen LogP contribution is 2.15. The predicted molar refractivity (Wildman–Crippen MR) is 45.2 cm³/mol. The highest BCUT2D eigenvalue weighted by atomic mass is 19.4. The van der Waals surface area contributed by atoms with Crippen LogP contribution in [0.1, 0.15) is 5.56 Å². The Morgan fingerprint density at radius 1 is 1.06 bits per heavy atom. The SMILES string of the molecule is Fc1cc(CNOCC(F)(F)F)cc(F)c1F. The molecule has 1 aromatic rings. The van der Waals surface area contributed by atoms with Crippen molar-refractivity contribution < 1.29 is 31.2 Å². The second kappa shape index (κ2) is 5.37. The van der Waals surface area contributed by atoms with Crippen molar-refractivity contribution in [1.82, 2.24) is 5.48 Å². The van der Waals surface area contributed by atoms with Crippen LogP contribution in [0.15, 0.2) is 12.1 Å². The highest BCUT2D eigenvalue weighted by Gasteiger charge is 2.27. The Kier molecular flexibility index (Phi) is 4.35. The first-order valence-electron chi connectivity index (χ1n) is 4.34. The molecular formula is C9H7F6NO. The number of nitrogens with one attached hydrogen (secondary N) is 1. The molecular weight excluding hydrogens is 252 g/mol. The largest absolute Gasteiger partial charge is 0.413 e. The molecule has 1 aromatic carbocycles. The maximum Gasteiger partial charge on any atom is 0.413 e. The second-order valence-electron chi connectivity index (χ2n) is 3.10. The molecule has 0 radical (unpaired) electrons. The van der Waals surface area contributed by atoms with E-state index in [9.17, 15) is 26.3 Å². The molecule has 0 aliphatic carbocycles. The van der Waals surface area contributed by atoms with E-state index in [4.69, 9.17) is 0 Å². The van der Waals surface area contributed by atoms with Crippen LogP contribution in [0.2, 0.25) is 0 Å². The third-order valence-electron chi connectivity index (χ3n) is 1.66. The third-order valence-corrected chi connectivity index (χ3v) is 1.66. The molecule has 0 bridgehead atoms. The van der Waals surface area contributed by atoms with Gasteiger partial charge < -0.3 is 0 Å². The summed E-state index contributed by atoms with van der Waals surface area (Å²) in [4.78, 5) is 4.00. The lowest BCUT2D eigenvalue weighted by molar-refractivity contribution is -0.190. The Balaban J connectivity index is 2.48. The summed E-state index contributed by atoms with van der Waals surface area (Å²) in [6.45, 7) is -1.93. The fraction of sp³-hybridized carbons (Fsp3) is 0.333. The molecule has 0 aliphatic heterocycles. The topological polar surface area (TPSA) is 21.3 Å². The van der Waals surface area contributed by atoms with E-state index in [0.29, 0.717) is 12.1 Å². The van der Waals surface area contributed by atoms with Crippen molar-refractivity contribution in [2.45, 2.75) is 12.7 Å². The monoisotopic (exact) mass is 259 g/mol. The zero-order valence-electron chi connectivity index (χ0n) is 8.24. The first-order chi connectivity index (χ1) is 7.79. The van der Waals surface area contributed by atoms with Gasteiger partial charge in [-0.15, -0.1) is 0 Å². The standard InChI is InChI=1S/C9H7F6NO/c10-6-1-5(2-7(11)8(6)12)3-16-17-4-9(13,14)15/h1-2,16H,3-4H2. The Hall–Kier alpha value is -1.28. The summed E-state index contributed by atoms with van der Waals surface area (Å²) in [6, 6.07) is 1.31. The molecule has 1 rings (SSSR count). The van der Waals surface area contributed by atoms with E-state index in [-0.39, 0.29) is 12.1 Å². The van der Waals surface area contributed by atoms with E-state index in [2.05, 4.69) is 4.84 Å². The highest BCUT2D eigenvalue weighted by molar-refractivity contribution is 5.19. The first kappa shape index (κ1) is 13.8. The average Bonchev–Trinajstić information content (AvgIpc) is 2.19. The van der Waals surface area contributed by atoms with Crippen LogP contribution in [0.3, 0.4) is 0 Å². The number of halogens is 6. The summed E-state index contributed by atoms with van der Waals surface area (Å²) in [5.74, 6) is -4.47. The van der Waals surface area contributed by atoms with E-state index in [0.717, 1.165) is 0 Å². The summed E-state index contributed by atoms with van der Waals surface area (Å²) in [6.07, 6.45) is -4.51. The molecule has 0 saturated carbocycles. The molecule has 1 N–H and O–H groups in total. The molecule has 0 spiro atoms. The number of benzene rings is 1. The lowest BCUT2D eigenvalue weighted by atomic mass is 10.2. The van der Waals surface area contributed by atoms with E-state index < -0.39 is 30.2 Å². The zero-order valence-corrected chi connectivity index (χ0v) is 8.24. The molecule has 0 unspecified atom stereocenters. The normalized spacial score (nSPS) is 11.9. The third kappa shape index (κ3) is 4.61. The Morgan fingerprint density at radius 3 is 2.06 bits per heavy atom. The number of hydrogen-bond acceptors (Lipinski definition) is 2. The summed E-state index contributed by atoms with van der Waals surface area (Å²) in [7, 11) is 0. The van der Waals surface area contributed by atoms with Crippen molar-refractivity contribution in [1.29, 1.82) is 0 Å². The van der Waals surface area contributed by atoms with E-state index in [1.54, 1.807) is 0 Å². The van der Waals surface area contributed by atoms with Gasteiger partial charge in [0.25, 0.3) is 0 Å². The van der Waals surface area contributed by atoms with Gasteiger partial charge in [0, 0.05) is 6.54 Å². The van der Waals surface area contributed by atoms with Gasteiger partial charge in [-0.25, -0.2) is 13.2 Å². The van der Waals surface area contributed by atoms with Gasteiger partial charge in [-0.05, 0) is 17.7 Å². The minimum absolute atomic E-state index is 0.0800. The fourth-order valence-electron chi connectivity index (χ4n) is 0.977. The van der Waals surface area contributed by atoms with Crippen LogP contribution in [0, 0.1) is 17.5 Å². The maximum atomic E-state index is 12.7. The summed E-state index contributed by atoms with van der Waals surface area (Å²) in [5, 5.41) is 0. The molecule has 8 heteroatoms. The number of hydrogen-bond donors (Lipinski definition) is 1. The minimum atomic E-state index is -4.51. The quantitative estimate of drug-likeness (QED) is 0.388. The molecule has 0 atom stereocenters. The van der Waals surface area contributed by atoms with Crippen molar-refractivity contribution in [3.8, 4) is 0 Å². The van der Waals surface area contributed by atoms with Crippen LogP contribution in [-0.4, -0.2) is 12.8 Å². The summed E-state index contributed by atoms with van der Waals surface area (Å²) in [5.41, 5.74) is 1.78. The van der Waals surface area contributed by atoms with Crippen LogP contribution < -0.4 is 5.48 Å². The Morgan fingerprint density at radius 2 is 1.59 bits per heavy atom. The van der Waals surface area contributed by atoms with Gasteiger partial charge in [-0.1, -0.05) is 0 Å². The van der Waals surface area contributed by atoms with Crippen LogP contribution in [0.25, 0.3) is 0 Å². The molecule has 2 nitrogen and oxygen atoms in total.